The third-order valence-electron chi connectivity index (χ3n) is 6.89. The Kier molecular flexibility index (Phi) is 5.92. The summed E-state index contributed by atoms with van der Waals surface area (Å²) in [6.07, 6.45) is 2.13. The molecule has 0 spiro atoms. The van der Waals surface area contributed by atoms with Crippen LogP contribution in [0.1, 0.15) is 18.4 Å². The van der Waals surface area contributed by atoms with Gasteiger partial charge in [0.05, 0.1) is 5.69 Å². The molecule has 6 rings (SSSR count). The minimum Gasteiger partial charge on any atom is -0.455 e. The van der Waals surface area contributed by atoms with Gasteiger partial charge in [0, 0.05) is 60.9 Å². The van der Waals surface area contributed by atoms with Gasteiger partial charge in [-0.3, -0.25) is 4.90 Å². The highest BCUT2D eigenvalue weighted by atomic mass is 35.5. The van der Waals surface area contributed by atoms with Crippen LogP contribution >= 0.6 is 11.6 Å². The van der Waals surface area contributed by atoms with Crippen LogP contribution in [0.4, 0.5) is 5.69 Å². The maximum Gasteiger partial charge on any atom is 0.231 e. The average molecular weight is 490 g/mol. The summed E-state index contributed by atoms with van der Waals surface area (Å²) in [5.74, 6) is 3.49. The number of piperazine rings is 1. The van der Waals surface area contributed by atoms with E-state index in [9.17, 15) is 0 Å². The van der Waals surface area contributed by atoms with E-state index in [2.05, 4.69) is 52.2 Å². The van der Waals surface area contributed by atoms with E-state index in [4.69, 9.17) is 25.8 Å². The third kappa shape index (κ3) is 4.51. The zero-order valence-electron chi connectivity index (χ0n) is 19.7. The van der Waals surface area contributed by atoms with Gasteiger partial charge in [0.1, 0.15) is 5.75 Å². The number of benzene rings is 3. The van der Waals surface area contributed by atoms with Crippen LogP contribution in [-0.4, -0.2) is 49.4 Å². The quantitative estimate of drug-likeness (QED) is 0.346. The SMILES string of the molecule is CC(CN1CCN(c2ccccc2Oc2ccc3c(c2)OCO3)CC1)c1c[nH]c2ccc(Cl)cc12. The number of fused-ring (bicyclic) bond motifs is 2. The van der Waals surface area contributed by atoms with Crippen molar-refractivity contribution in [3.8, 4) is 23.0 Å². The summed E-state index contributed by atoms with van der Waals surface area (Å²) < 4.78 is 17.2. The van der Waals surface area contributed by atoms with Crippen LogP contribution in [0.25, 0.3) is 10.9 Å². The van der Waals surface area contributed by atoms with Crippen molar-refractivity contribution in [3.05, 3.63) is 77.4 Å². The highest BCUT2D eigenvalue weighted by Crippen LogP contribution is 2.39. The number of hydrogen-bond acceptors (Lipinski definition) is 5. The lowest BCUT2D eigenvalue weighted by molar-refractivity contribution is 0.174. The van der Waals surface area contributed by atoms with Gasteiger partial charge in [0.15, 0.2) is 17.2 Å². The lowest BCUT2D eigenvalue weighted by atomic mass is 9.99. The Balaban J connectivity index is 1.11. The number of ether oxygens (including phenoxy) is 3. The number of rotatable bonds is 6. The standard InChI is InChI=1S/C28H28ClN3O3/c1-19(23-16-30-24-8-6-20(29)14-22(23)24)17-31-10-12-32(13-11-31)25-4-2-3-5-26(25)35-21-7-9-27-28(15-21)34-18-33-27/h2-9,14-16,19,30H,10-13,17-18H2,1H3. The maximum absolute atomic E-state index is 6.27. The molecule has 7 heteroatoms. The van der Waals surface area contributed by atoms with Crippen molar-refractivity contribution >= 4 is 28.2 Å². The average Bonchev–Trinajstić information content (AvgIpc) is 3.51. The molecule has 0 amide bonds. The van der Waals surface area contributed by atoms with Gasteiger partial charge < -0.3 is 24.1 Å². The van der Waals surface area contributed by atoms with Crippen LogP contribution in [0.15, 0.2) is 66.9 Å². The van der Waals surface area contributed by atoms with Crippen LogP contribution < -0.4 is 19.1 Å². The predicted octanol–water partition coefficient (Wildman–Crippen LogP) is 6.27. The summed E-state index contributed by atoms with van der Waals surface area (Å²) in [6, 6.07) is 20.0. The highest BCUT2D eigenvalue weighted by molar-refractivity contribution is 6.31. The highest BCUT2D eigenvalue weighted by Gasteiger charge is 2.23. The second kappa shape index (κ2) is 9.36. The number of hydrogen-bond donors (Lipinski definition) is 1. The van der Waals surface area contributed by atoms with Gasteiger partial charge in [-0.15, -0.1) is 0 Å². The molecule has 0 aliphatic carbocycles. The number of halogens is 1. The van der Waals surface area contributed by atoms with E-state index in [-0.39, 0.29) is 6.79 Å². The van der Waals surface area contributed by atoms with Crippen LogP contribution in [-0.2, 0) is 0 Å². The van der Waals surface area contributed by atoms with Gasteiger partial charge in [-0.25, -0.2) is 0 Å². The first-order valence-electron chi connectivity index (χ1n) is 12.0. The number of H-pyrrole nitrogens is 1. The van der Waals surface area contributed by atoms with E-state index in [1.54, 1.807) is 0 Å². The van der Waals surface area contributed by atoms with Crippen molar-refractivity contribution in [3.63, 3.8) is 0 Å². The van der Waals surface area contributed by atoms with Crippen molar-refractivity contribution in [1.82, 2.24) is 9.88 Å². The van der Waals surface area contributed by atoms with Crippen LogP contribution in [0, 0.1) is 0 Å². The number of nitrogens with zero attached hydrogens (tertiary/aromatic N) is 2. The fourth-order valence-electron chi connectivity index (χ4n) is 5.05. The zero-order valence-corrected chi connectivity index (χ0v) is 20.4. The normalized spacial score (nSPS) is 16.6. The van der Waals surface area contributed by atoms with Gasteiger partial charge in [0.2, 0.25) is 6.79 Å². The Labute approximate surface area is 210 Å². The molecule has 3 aromatic carbocycles. The molecule has 0 saturated carbocycles. The molecule has 1 fully saturated rings. The summed E-state index contributed by atoms with van der Waals surface area (Å²) in [5.41, 5.74) is 3.58. The van der Waals surface area contributed by atoms with Crippen LogP contribution in [0.3, 0.4) is 0 Å². The number of nitrogens with one attached hydrogen (secondary N) is 1. The first kappa shape index (κ1) is 22.1. The lowest BCUT2D eigenvalue weighted by Crippen LogP contribution is -2.47. The van der Waals surface area contributed by atoms with Crippen molar-refractivity contribution < 1.29 is 14.2 Å². The van der Waals surface area contributed by atoms with E-state index < -0.39 is 0 Å². The Bertz CT molecular complexity index is 1350. The molecular formula is C28H28ClN3O3. The molecule has 2 aliphatic rings. The largest absolute Gasteiger partial charge is 0.455 e. The molecule has 0 radical (unpaired) electrons. The van der Waals surface area contributed by atoms with Crippen LogP contribution in [0.2, 0.25) is 5.02 Å². The fraction of sp³-hybridized carbons (Fsp3) is 0.286. The summed E-state index contributed by atoms with van der Waals surface area (Å²) >= 11 is 6.26. The molecule has 1 unspecified atom stereocenters. The molecule has 180 valence electrons. The Hall–Kier alpha value is -3.35. The molecule has 1 saturated heterocycles. The number of para-hydroxylation sites is 2. The van der Waals surface area contributed by atoms with Crippen LogP contribution in [0.5, 0.6) is 23.0 Å². The second-order valence-corrected chi connectivity index (χ2v) is 9.64. The molecular weight excluding hydrogens is 462 g/mol. The minimum atomic E-state index is 0.256. The van der Waals surface area contributed by atoms with Gasteiger partial charge >= 0.3 is 0 Å². The molecule has 2 aliphatic heterocycles. The predicted molar refractivity (Wildman–Crippen MR) is 139 cm³/mol. The molecule has 3 heterocycles. The summed E-state index contributed by atoms with van der Waals surface area (Å²) in [5, 5.41) is 2.00. The molecule has 35 heavy (non-hydrogen) atoms. The van der Waals surface area contributed by atoms with Gasteiger partial charge in [-0.05, 0) is 53.9 Å². The Morgan fingerprint density at radius 3 is 2.69 bits per heavy atom. The Morgan fingerprint density at radius 2 is 1.80 bits per heavy atom. The zero-order chi connectivity index (χ0) is 23.8. The smallest absolute Gasteiger partial charge is 0.231 e. The lowest BCUT2D eigenvalue weighted by Gasteiger charge is -2.37. The minimum absolute atomic E-state index is 0.256. The molecule has 4 aromatic rings. The number of aromatic nitrogens is 1. The summed E-state index contributed by atoms with van der Waals surface area (Å²) in [4.78, 5) is 8.35. The molecule has 1 N–H and O–H groups in total. The number of aromatic amines is 1. The molecule has 1 atom stereocenters. The van der Waals surface area contributed by atoms with Crippen molar-refractivity contribution in [2.45, 2.75) is 12.8 Å². The van der Waals surface area contributed by atoms with Crippen molar-refractivity contribution in [2.24, 2.45) is 0 Å². The van der Waals surface area contributed by atoms with E-state index in [1.807, 2.05) is 36.4 Å². The molecule has 0 bridgehead atoms. The van der Waals surface area contributed by atoms with Crippen molar-refractivity contribution in [2.75, 3.05) is 44.4 Å². The van der Waals surface area contributed by atoms with E-state index in [0.717, 1.165) is 71.9 Å². The fourth-order valence-corrected chi connectivity index (χ4v) is 5.22. The second-order valence-electron chi connectivity index (χ2n) is 9.21. The summed E-state index contributed by atoms with van der Waals surface area (Å²) in [6.45, 7) is 7.49. The van der Waals surface area contributed by atoms with Gasteiger partial charge in [0.25, 0.3) is 0 Å². The Morgan fingerprint density at radius 1 is 0.971 bits per heavy atom. The van der Waals surface area contributed by atoms with E-state index in [0.29, 0.717) is 5.92 Å². The third-order valence-corrected chi connectivity index (χ3v) is 7.12. The molecule has 1 aromatic heterocycles. The summed E-state index contributed by atoms with van der Waals surface area (Å²) in [7, 11) is 0. The van der Waals surface area contributed by atoms with Gasteiger partial charge in [-0.1, -0.05) is 30.7 Å². The maximum atomic E-state index is 6.27. The van der Waals surface area contributed by atoms with Gasteiger partial charge in [-0.2, -0.15) is 0 Å². The monoisotopic (exact) mass is 489 g/mol. The van der Waals surface area contributed by atoms with E-state index >= 15 is 0 Å². The number of anilines is 1. The van der Waals surface area contributed by atoms with Crippen molar-refractivity contribution in [1.29, 1.82) is 0 Å². The van der Waals surface area contributed by atoms with E-state index in [1.165, 1.54) is 10.9 Å². The topological polar surface area (TPSA) is 50.0 Å². The first-order valence-corrected chi connectivity index (χ1v) is 12.4. The molecule has 6 nitrogen and oxygen atoms in total. The first-order chi connectivity index (χ1) is 17.1.